The number of carbonyl (C=O) groups is 2. The number of amides is 1. The second kappa shape index (κ2) is 8.68. The number of carbonyl (C=O) groups excluding carboxylic acids is 2. The minimum atomic E-state index is -4.36. The van der Waals surface area contributed by atoms with Crippen LogP contribution in [0.4, 0.5) is 5.69 Å². The van der Waals surface area contributed by atoms with Gasteiger partial charge in [-0.1, -0.05) is 11.6 Å². The molecular weight excluding hydrogens is 468 g/mol. The maximum Gasteiger partial charge on any atom is 0.342 e. The van der Waals surface area contributed by atoms with Gasteiger partial charge in [0.25, 0.3) is 15.9 Å². The lowest BCUT2D eigenvalue weighted by Gasteiger charge is -2.23. The first-order chi connectivity index (χ1) is 15.7. The van der Waals surface area contributed by atoms with E-state index in [2.05, 4.69) is 4.98 Å². The number of fused-ring (bicyclic) bond motifs is 1. The molecule has 0 unspecified atom stereocenters. The van der Waals surface area contributed by atoms with E-state index < -0.39 is 21.9 Å². The Bertz CT molecular complexity index is 1460. The van der Waals surface area contributed by atoms with Crippen molar-refractivity contribution in [2.75, 3.05) is 11.4 Å². The van der Waals surface area contributed by atoms with Crippen LogP contribution in [0.5, 0.6) is 0 Å². The number of ether oxygens (including phenoxy) is 1. The minimum absolute atomic E-state index is 0.0187. The summed E-state index contributed by atoms with van der Waals surface area (Å²) in [6.45, 7) is 1.59. The summed E-state index contributed by atoms with van der Waals surface area (Å²) in [6, 6.07) is 12.6. The van der Waals surface area contributed by atoms with Gasteiger partial charge in [-0.05, 0) is 61.5 Å². The number of anilines is 1. The lowest BCUT2D eigenvalue weighted by atomic mass is 10.1. The first kappa shape index (κ1) is 22.5. The number of benzene rings is 2. The van der Waals surface area contributed by atoms with Gasteiger partial charge in [0.05, 0.1) is 17.7 Å². The van der Waals surface area contributed by atoms with Crippen molar-refractivity contribution < 1.29 is 27.2 Å². The van der Waals surface area contributed by atoms with E-state index in [0.29, 0.717) is 26.1 Å². The monoisotopic (exact) mass is 484 g/mol. The summed E-state index contributed by atoms with van der Waals surface area (Å²) in [4.78, 5) is 29.5. The first-order valence-corrected chi connectivity index (χ1v) is 11.4. The van der Waals surface area contributed by atoms with Crippen LogP contribution in [-0.4, -0.2) is 32.4 Å². The molecule has 33 heavy (non-hydrogen) atoms. The van der Waals surface area contributed by atoms with Crippen LogP contribution in [0.25, 0.3) is 11.0 Å². The van der Waals surface area contributed by atoms with Crippen molar-refractivity contribution in [1.82, 2.24) is 4.98 Å². The number of furan rings is 1. The third-order valence-electron chi connectivity index (χ3n) is 4.94. The SMILES string of the molecule is COC(=O)c1c(C)oc2ccc(N(C(=O)c3ccncc3)S(=O)(=O)c3ccc(Cl)cc3)cc12. The van der Waals surface area contributed by atoms with Gasteiger partial charge in [0.1, 0.15) is 16.9 Å². The van der Waals surface area contributed by atoms with Gasteiger partial charge in [-0.2, -0.15) is 4.31 Å². The molecule has 2 heterocycles. The van der Waals surface area contributed by atoms with E-state index in [4.69, 9.17) is 20.8 Å². The van der Waals surface area contributed by atoms with Crippen molar-refractivity contribution in [2.24, 2.45) is 0 Å². The maximum absolute atomic E-state index is 13.6. The number of methoxy groups -OCH3 is 1. The smallest absolute Gasteiger partial charge is 0.342 e. The molecule has 0 fully saturated rings. The normalized spacial score (nSPS) is 11.4. The van der Waals surface area contributed by atoms with E-state index in [1.54, 1.807) is 6.92 Å². The van der Waals surface area contributed by atoms with Crippen molar-refractivity contribution in [2.45, 2.75) is 11.8 Å². The molecule has 2 aromatic heterocycles. The molecule has 0 radical (unpaired) electrons. The highest BCUT2D eigenvalue weighted by molar-refractivity contribution is 7.93. The molecule has 0 spiro atoms. The Hall–Kier alpha value is -3.69. The molecule has 0 aliphatic heterocycles. The van der Waals surface area contributed by atoms with E-state index in [1.807, 2.05) is 0 Å². The zero-order valence-electron chi connectivity index (χ0n) is 17.5. The van der Waals surface area contributed by atoms with Crippen LogP contribution in [0.3, 0.4) is 0 Å². The molecule has 0 atom stereocenters. The molecule has 2 aromatic carbocycles. The average Bonchev–Trinajstić information content (AvgIpc) is 3.14. The van der Waals surface area contributed by atoms with Crippen LogP contribution < -0.4 is 4.31 Å². The van der Waals surface area contributed by atoms with E-state index in [0.717, 1.165) is 0 Å². The Morgan fingerprint density at radius 2 is 1.70 bits per heavy atom. The summed E-state index contributed by atoms with van der Waals surface area (Å²) in [6.07, 6.45) is 2.77. The Morgan fingerprint density at radius 3 is 2.33 bits per heavy atom. The lowest BCUT2D eigenvalue weighted by molar-refractivity contribution is 0.0600. The minimum Gasteiger partial charge on any atom is -0.465 e. The van der Waals surface area contributed by atoms with Crippen LogP contribution >= 0.6 is 11.6 Å². The van der Waals surface area contributed by atoms with Crippen molar-refractivity contribution >= 4 is 50.2 Å². The van der Waals surface area contributed by atoms with Crippen LogP contribution in [0.15, 0.2) is 76.3 Å². The second-order valence-corrected chi connectivity index (χ2v) is 9.19. The predicted molar refractivity (Wildman–Crippen MR) is 122 cm³/mol. The molecule has 168 valence electrons. The average molecular weight is 485 g/mol. The van der Waals surface area contributed by atoms with Crippen molar-refractivity contribution in [3.05, 3.63) is 88.9 Å². The van der Waals surface area contributed by atoms with Crippen LogP contribution in [0.1, 0.15) is 26.5 Å². The number of nitrogens with zero attached hydrogens (tertiary/aromatic N) is 2. The largest absolute Gasteiger partial charge is 0.465 e. The quantitative estimate of drug-likeness (QED) is 0.380. The standard InChI is InChI=1S/C23H17ClN2O6S/c1-14-21(23(28)31-2)19-13-17(5-8-20(19)32-14)26(22(27)15-9-11-25-12-10-15)33(29,30)18-6-3-16(24)4-7-18/h3-13H,1-2H3. The number of hydrogen-bond donors (Lipinski definition) is 0. The molecule has 4 aromatic rings. The Balaban J connectivity index is 1.95. The molecular formula is C23H17ClN2O6S. The zero-order valence-corrected chi connectivity index (χ0v) is 19.1. The van der Waals surface area contributed by atoms with Gasteiger partial charge in [-0.25, -0.2) is 13.2 Å². The zero-order chi connectivity index (χ0) is 23.8. The summed E-state index contributed by atoms with van der Waals surface area (Å²) in [7, 11) is -3.13. The number of rotatable bonds is 5. The first-order valence-electron chi connectivity index (χ1n) is 9.60. The number of esters is 1. The number of pyridine rings is 1. The Morgan fingerprint density at radius 1 is 1.03 bits per heavy atom. The molecule has 10 heteroatoms. The fourth-order valence-electron chi connectivity index (χ4n) is 3.38. The van der Waals surface area contributed by atoms with Crippen molar-refractivity contribution in [3.8, 4) is 0 Å². The van der Waals surface area contributed by atoms with Gasteiger partial charge in [0.2, 0.25) is 0 Å². The Labute approximate surface area is 194 Å². The van der Waals surface area contributed by atoms with Crippen molar-refractivity contribution in [3.63, 3.8) is 0 Å². The highest BCUT2D eigenvalue weighted by Gasteiger charge is 2.33. The molecule has 8 nitrogen and oxygen atoms in total. The number of aromatic nitrogens is 1. The van der Waals surface area contributed by atoms with E-state index >= 15 is 0 Å². The molecule has 0 saturated carbocycles. The fraction of sp³-hybridized carbons (Fsp3) is 0.0870. The van der Waals surface area contributed by atoms with Crippen LogP contribution in [0, 0.1) is 6.92 Å². The maximum atomic E-state index is 13.6. The summed E-state index contributed by atoms with van der Waals surface area (Å²) >= 11 is 5.91. The van der Waals surface area contributed by atoms with Gasteiger partial charge in [0, 0.05) is 28.4 Å². The summed E-state index contributed by atoms with van der Waals surface area (Å²) in [5, 5.41) is 0.662. The Kier molecular flexibility index (Phi) is 5.92. The third kappa shape index (κ3) is 4.08. The van der Waals surface area contributed by atoms with Gasteiger partial charge in [-0.15, -0.1) is 0 Å². The molecule has 0 N–H and O–H groups in total. The summed E-state index contributed by atoms with van der Waals surface area (Å²) < 4.78 is 38.3. The molecule has 0 aliphatic rings. The highest BCUT2D eigenvalue weighted by Crippen LogP contribution is 2.33. The van der Waals surface area contributed by atoms with Gasteiger partial charge in [0.15, 0.2) is 0 Å². The molecule has 0 bridgehead atoms. The van der Waals surface area contributed by atoms with E-state index in [1.165, 1.54) is 74.1 Å². The number of aryl methyl sites for hydroxylation is 1. The van der Waals surface area contributed by atoms with Gasteiger partial charge in [-0.3, -0.25) is 9.78 Å². The summed E-state index contributed by atoms with van der Waals surface area (Å²) in [5.74, 6) is -1.14. The van der Waals surface area contributed by atoms with E-state index in [9.17, 15) is 18.0 Å². The topological polar surface area (TPSA) is 107 Å². The second-order valence-electron chi connectivity index (χ2n) is 6.97. The van der Waals surface area contributed by atoms with E-state index in [-0.39, 0.29) is 21.7 Å². The predicted octanol–water partition coefficient (Wildman–Crippen LogP) is 4.61. The van der Waals surface area contributed by atoms with Crippen LogP contribution in [-0.2, 0) is 14.8 Å². The highest BCUT2D eigenvalue weighted by atomic mass is 35.5. The van der Waals surface area contributed by atoms with Gasteiger partial charge >= 0.3 is 5.97 Å². The number of halogens is 1. The molecule has 0 saturated heterocycles. The fourth-order valence-corrected chi connectivity index (χ4v) is 4.91. The molecule has 4 rings (SSSR count). The lowest BCUT2D eigenvalue weighted by Crippen LogP contribution is -2.37. The van der Waals surface area contributed by atoms with Crippen LogP contribution in [0.2, 0.25) is 5.02 Å². The molecule has 1 amide bonds. The number of sulfonamides is 1. The van der Waals surface area contributed by atoms with Crippen molar-refractivity contribution in [1.29, 1.82) is 0 Å². The third-order valence-corrected chi connectivity index (χ3v) is 6.91. The molecule has 0 aliphatic carbocycles. The van der Waals surface area contributed by atoms with Gasteiger partial charge < -0.3 is 9.15 Å². The summed E-state index contributed by atoms with van der Waals surface area (Å²) in [5.41, 5.74) is 0.621. The number of hydrogen-bond acceptors (Lipinski definition) is 7.